The molecular weight excluding hydrogens is 212 g/mol. The van der Waals surface area contributed by atoms with E-state index in [0.717, 1.165) is 44.8 Å². The van der Waals surface area contributed by atoms with E-state index >= 15 is 0 Å². The third-order valence-electron chi connectivity index (χ3n) is 3.63. The van der Waals surface area contributed by atoms with Crippen LogP contribution < -0.4 is 15.0 Å². The molecule has 0 unspecified atom stereocenters. The summed E-state index contributed by atoms with van der Waals surface area (Å²) in [5, 5.41) is 3.47. The van der Waals surface area contributed by atoms with Crippen LogP contribution >= 0.6 is 0 Å². The number of ether oxygens (including phenoxy) is 1. The largest absolute Gasteiger partial charge is 0.493 e. The number of rotatable bonds is 1. The Morgan fingerprint density at radius 2 is 2.35 bits per heavy atom. The summed E-state index contributed by atoms with van der Waals surface area (Å²) in [5.41, 5.74) is 2.67. The van der Waals surface area contributed by atoms with Gasteiger partial charge in [0.2, 0.25) is 0 Å². The molecule has 2 aliphatic heterocycles. The van der Waals surface area contributed by atoms with Gasteiger partial charge in [-0.15, -0.1) is 0 Å². The fraction of sp³-hybridized carbons (Fsp3) is 0.571. The van der Waals surface area contributed by atoms with E-state index in [4.69, 9.17) is 4.74 Å². The number of piperazine rings is 1. The molecule has 3 rings (SSSR count). The highest BCUT2D eigenvalue weighted by Crippen LogP contribution is 2.30. The van der Waals surface area contributed by atoms with Crippen molar-refractivity contribution >= 4 is 5.69 Å². The van der Waals surface area contributed by atoms with E-state index in [0.29, 0.717) is 6.04 Å². The lowest BCUT2D eigenvalue weighted by atomic mass is 10.1. The maximum atomic E-state index is 5.74. The minimum Gasteiger partial charge on any atom is -0.493 e. The molecule has 2 heterocycles. The highest BCUT2D eigenvalue weighted by molar-refractivity contribution is 5.54. The maximum Gasteiger partial charge on any atom is 0.124 e. The first-order valence-corrected chi connectivity index (χ1v) is 6.57. The highest BCUT2D eigenvalue weighted by atomic mass is 16.5. The topological polar surface area (TPSA) is 24.5 Å². The van der Waals surface area contributed by atoms with Gasteiger partial charge in [0.25, 0.3) is 0 Å². The third kappa shape index (κ3) is 2.25. The fourth-order valence-electron chi connectivity index (χ4n) is 2.69. The molecule has 3 heteroatoms. The molecule has 0 amide bonds. The zero-order valence-corrected chi connectivity index (χ0v) is 10.4. The van der Waals surface area contributed by atoms with Crippen molar-refractivity contribution in [3.63, 3.8) is 0 Å². The zero-order valence-electron chi connectivity index (χ0n) is 10.4. The van der Waals surface area contributed by atoms with Gasteiger partial charge in [0.1, 0.15) is 5.75 Å². The van der Waals surface area contributed by atoms with Gasteiger partial charge in [0, 0.05) is 37.4 Å². The lowest BCUT2D eigenvalue weighted by Crippen LogP contribution is -2.49. The van der Waals surface area contributed by atoms with Crippen molar-refractivity contribution in [1.82, 2.24) is 5.32 Å². The van der Waals surface area contributed by atoms with Gasteiger partial charge in [0.15, 0.2) is 0 Å². The molecule has 1 N–H and O–H groups in total. The molecule has 0 aromatic heterocycles. The van der Waals surface area contributed by atoms with Gasteiger partial charge >= 0.3 is 0 Å². The zero-order chi connectivity index (χ0) is 11.7. The number of aryl methyl sites for hydroxylation is 1. The Labute approximate surface area is 103 Å². The molecule has 0 bridgehead atoms. The summed E-state index contributed by atoms with van der Waals surface area (Å²) in [4.78, 5) is 2.44. The molecule has 1 aromatic rings. The van der Waals surface area contributed by atoms with Crippen molar-refractivity contribution in [2.45, 2.75) is 25.8 Å². The van der Waals surface area contributed by atoms with Gasteiger partial charge in [-0.05, 0) is 31.4 Å². The van der Waals surface area contributed by atoms with Crippen LogP contribution in [0.15, 0.2) is 18.2 Å². The third-order valence-corrected chi connectivity index (χ3v) is 3.63. The van der Waals surface area contributed by atoms with Crippen LogP contribution in [0.3, 0.4) is 0 Å². The molecule has 0 saturated carbocycles. The summed E-state index contributed by atoms with van der Waals surface area (Å²) in [6.45, 7) is 6.34. The van der Waals surface area contributed by atoms with E-state index in [1.54, 1.807) is 0 Å². The second-order valence-corrected chi connectivity index (χ2v) is 5.05. The Hall–Kier alpha value is -1.22. The Morgan fingerprint density at radius 1 is 1.41 bits per heavy atom. The summed E-state index contributed by atoms with van der Waals surface area (Å²) in [5.74, 6) is 1.10. The van der Waals surface area contributed by atoms with Gasteiger partial charge in [-0.25, -0.2) is 0 Å². The van der Waals surface area contributed by atoms with Crippen LogP contribution in [0.4, 0.5) is 5.69 Å². The molecule has 1 saturated heterocycles. The number of benzene rings is 1. The predicted octanol–water partition coefficient (Wildman–Crippen LogP) is 1.81. The van der Waals surface area contributed by atoms with E-state index in [1.807, 2.05) is 0 Å². The Bertz CT molecular complexity index is 405. The van der Waals surface area contributed by atoms with Crippen LogP contribution in [-0.4, -0.2) is 32.3 Å². The lowest BCUT2D eigenvalue weighted by molar-refractivity contribution is 0.288. The van der Waals surface area contributed by atoms with Crippen LogP contribution in [0.1, 0.15) is 18.9 Å². The Morgan fingerprint density at radius 3 is 3.24 bits per heavy atom. The number of anilines is 1. The average Bonchev–Trinajstić information content (AvgIpc) is 2.38. The number of hydrogen-bond acceptors (Lipinski definition) is 3. The first kappa shape index (κ1) is 10.9. The maximum absolute atomic E-state index is 5.74. The van der Waals surface area contributed by atoms with E-state index in [-0.39, 0.29) is 0 Å². The van der Waals surface area contributed by atoms with E-state index < -0.39 is 0 Å². The minimum atomic E-state index is 0.570. The van der Waals surface area contributed by atoms with Crippen LogP contribution in [0.2, 0.25) is 0 Å². The molecule has 2 aliphatic rings. The second-order valence-electron chi connectivity index (χ2n) is 5.05. The van der Waals surface area contributed by atoms with Gasteiger partial charge < -0.3 is 15.0 Å². The van der Waals surface area contributed by atoms with E-state index in [1.165, 1.54) is 11.3 Å². The van der Waals surface area contributed by atoms with E-state index in [2.05, 4.69) is 35.3 Å². The average molecular weight is 232 g/mol. The number of nitrogens with zero attached hydrogens (tertiary/aromatic N) is 1. The number of fused-ring (bicyclic) bond motifs is 1. The molecule has 0 aliphatic carbocycles. The summed E-state index contributed by atoms with van der Waals surface area (Å²) in [7, 11) is 0. The predicted molar refractivity (Wildman–Crippen MR) is 69.9 cm³/mol. The molecule has 1 atom stereocenters. The number of hydrogen-bond donors (Lipinski definition) is 1. The lowest BCUT2D eigenvalue weighted by Gasteiger charge is -2.34. The normalized spacial score (nSPS) is 24.1. The SMILES string of the molecule is C[C@@H]1CN(c2ccc3c(c2)OCCC3)CCN1. The summed E-state index contributed by atoms with van der Waals surface area (Å²) < 4.78 is 5.74. The van der Waals surface area contributed by atoms with Gasteiger partial charge in [-0.1, -0.05) is 6.07 Å². The van der Waals surface area contributed by atoms with Crippen molar-refractivity contribution in [2.75, 3.05) is 31.1 Å². The van der Waals surface area contributed by atoms with Crippen LogP contribution in [0.25, 0.3) is 0 Å². The molecule has 0 radical (unpaired) electrons. The summed E-state index contributed by atoms with van der Waals surface area (Å²) in [6, 6.07) is 7.26. The van der Waals surface area contributed by atoms with Crippen LogP contribution in [0, 0.1) is 0 Å². The quantitative estimate of drug-likeness (QED) is 0.799. The summed E-state index contributed by atoms with van der Waals surface area (Å²) >= 11 is 0. The van der Waals surface area contributed by atoms with Gasteiger partial charge in [-0.3, -0.25) is 0 Å². The highest BCUT2D eigenvalue weighted by Gasteiger charge is 2.18. The smallest absolute Gasteiger partial charge is 0.124 e. The fourth-order valence-corrected chi connectivity index (χ4v) is 2.69. The molecule has 0 spiro atoms. The summed E-state index contributed by atoms with van der Waals surface area (Å²) in [6.07, 6.45) is 2.31. The van der Waals surface area contributed by atoms with Crippen molar-refractivity contribution in [2.24, 2.45) is 0 Å². The van der Waals surface area contributed by atoms with Crippen molar-refractivity contribution in [1.29, 1.82) is 0 Å². The van der Waals surface area contributed by atoms with Gasteiger partial charge in [-0.2, -0.15) is 0 Å². The molecule has 1 aromatic carbocycles. The van der Waals surface area contributed by atoms with E-state index in [9.17, 15) is 0 Å². The standard InChI is InChI=1S/C14H20N2O/c1-11-10-16(7-6-15-11)13-5-4-12-3-2-8-17-14(12)9-13/h4-5,9,11,15H,2-3,6-8,10H2,1H3/t11-/m1/s1. The van der Waals surface area contributed by atoms with Crippen molar-refractivity contribution in [3.05, 3.63) is 23.8 Å². The molecule has 3 nitrogen and oxygen atoms in total. The molecule has 92 valence electrons. The first-order chi connectivity index (χ1) is 8.33. The molecule has 1 fully saturated rings. The van der Waals surface area contributed by atoms with Gasteiger partial charge in [0.05, 0.1) is 6.61 Å². The van der Waals surface area contributed by atoms with Crippen LogP contribution in [0.5, 0.6) is 5.75 Å². The van der Waals surface area contributed by atoms with Crippen LogP contribution in [-0.2, 0) is 6.42 Å². The molecular formula is C14H20N2O. The Balaban J connectivity index is 1.83. The van der Waals surface area contributed by atoms with Crippen molar-refractivity contribution in [3.8, 4) is 5.75 Å². The monoisotopic (exact) mass is 232 g/mol. The minimum absolute atomic E-state index is 0.570. The Kier molecular flexibility index (Phi) is 2.93. The van der Waals surface area contributed by atoms with Crippen molar-refractivity contribution < 1.29 is 4.74 Å². The first-order valence-electron chi connectivity index (χ1n) is 6.57. The molecule has 17 heavy (non-hydrogen) atoms. The second kappa shape index (κ2) is 4.57. The number of nitrogens with one attached hydrogen (secondary N) is 1.